The molecule has 0 bridgehead atoms. The highest BCUT2D eigenvalue weighted by atomic mass is 16.3. The van der Waals surface area contributed by atoms with Crippen molar-refractivity contribution in [2.45, 2.75) is 106 Å². The van der Waals surface area contributed by atoms with Crippen molar-refractivity contribution in [1.29, 1.82) is 0 Å². The van der Waals surface area contributed by atoms with Crippen molar-refractivity contribution < 1.29 is 10.2 Å². The van der Waals surface area contributed by atoms with Crippen LogP contribution >= 0.6 is 0 Å². The molecule has 4 rings (SSSR count). The second kappa shape index (κ2) is 8.66. The Labute approximate surface area is 203 Å². The number of hydrogen-bond donors (Lipinski definition) is 2. The van der Waals surface area contributed by atoms with Gasteiger partial charge in [-0.25, -0.2) is 0 Å². The van der Waals surface area contributed by atoms with Crippen LogP contribution in [0.1, 0.15) is 93.4 Å². The third kappa shape index (κ3) is 4.22. The fourth-order valence-electron chi connectivity index (χ4n) is 9.15. The predicted octanol–water partition coefficient (Wildman–Crippen LogP) is 7.33. The fraction of sp³-hybridized carbons (Fsp3) is 0.806. The summed E-state index contributed by atoms with van der Waals surface area (Å²) >= 11 is 0. The van der Waals surface area contributed by atoms with E-state index >= 15 is 0 Å². The lowest BCUT2D eigenvalue weighted by Gasteiger charge is -2.59. The maximum atomic E-state index is 11.4. The second-order valence-electron chi connectivity index (χ2n) is 13.9. The van der Waals surface area contributed by atoms with Gasteiger partial charge in [0.1, 0.15) is 0 Å². The molecule has 10 atom stereocenters. The van der Waals surface area contributed by atoms with Crippen LogP contribution < -0.4 is 0 Å². The van der Waals surface area contributed by atoms with E-state index in [4.69, 9.17) is 0 Å². The van der Waals surface area contributed by atoms with E-state index in [1.54, 1.807) is 0 Å². The van der Waals surface area contributed by atoms with E-state index in [1.807, 2.05) is 0 Å². The van der Waals surface area contributed by atoms with Crippen molar-refractivity contribution in [3.05, 3.63) is 36.0 Å². The summed E-state index contributed by atoms with van der Waals surface area (Å²) in [5.74, 6) is 3.19. The first-order valence-corrected chi connectivity index (χ1v) is 13.7. The highest BCUT2D eigenvalue weighted by Gasteiger charge is 2.61. The molecule has 33 heavy (non-hydrogen) atoms. The second-order valence-corrected chi connectivity index (χ2v) is 13.9. The van der Waals surface area contributed by atoms with E-state index in [2.05, 4.69) is 73.3 Å². The Balaban J connectivity index is 1.57. The van der Waals surface area contributed by atoms with Crippen molar-refractivity contribution in [3.63, 3.8) is 0 Å². The Bertz CT molecular complexity index is 815. The van der Waals surface area contributed by atoms with Gasteiger partial charge in [0.25, 0.3) is 0 Å². The maximum Gasteiger partial charge on any atom is 0.0757 e. The number of hydrogen-bond acceptors (Lipinski definition) is 2. The largest absolute Gasteiger partial charge is 0.393 e. The molecule has 0 radical (unpaired) electrons. The SMILES string of the molecule is C=C(C)C(/C=C/[C@@H](C)[C@H]1CC[C@H]2[C@@H]3[C@@H](O)C=C4C[C@@H](O)CC[C@]4(C)[C@H]3CC[C@]12C)C(C)(C)C. The van der Waals surface area contributed by atoms with Gasteiger partial charge in [-0.2, -0.15) is 0 Å². The normalized spacial score (nSPS) is 45.1. The van der Waals surface area contributed by atoms with Crippen LogP contribution in [0.2, 0.25) is 0 Å². The van der Waals surface area contributed by atoms with E-state index in [-0.39, 0.29) is 23.0 Å². The molecule has 0 aromatic heterocycles. The third-order valence-electron chi connectivity index (χ3n) is 10.9. The molecule has 4 aliphatic carbocycles. The van der Waals surface area contributed by atoms with Gasteiger partial charge in [-0.3, -0.25) is 0 Å². The standard InChI is InChI=1S/C31H50O2/c1-19(2)23(29(4,5)6)10-9-20(3)24-11-12-25-28-26(14-16-31(24,25)8)30(7)15-13-22(32)17-21(30)18-27(28)33/h9-10,18,20,22-28,32-33H,1,11-17H2,2-8H3/b10-9+/t20-,22+,23?,24-,25+,26+,27+,28+,30+,31-/m1/s1. The van der Waals surface area contributed by atoms with Crippen LogP contribution in [-0.2, 0) is 0 Å². The van der Waals surface area contributed by atoms with Crippen LogP contribution in [0.25, 0.3) is 0 Å². The van der Waals surface area contributed by atoms with Gasteiger partial charge in [-0.1, -0.05) is 77.5 Å². The monoisotopic (exact) mass is 454 g/mol. The number of aliphatic hydroxyl groups excluding tert-OH is 2. The van der Waals surface area contributed by atoms with Crippen LogP contribution in [0, 0.1) is 51.8 Å². The Hall–Kier alpha value is -0.860. The van der Waals surface area contributed by atoms with Gasteiger partial charge in [0.05, 0.1) is 12.2 Å². The Kier molecular flexibility index (Phi) is 6.63. The van der Waals surface area contributed by atoms with Gasteiger partial charge >= 0.3 is 0 Å². The molecule has 4 aliphatic rings. The van der Waals surface area contributed by atoms with Crippen LogP contribution in [0.15, 0.2) is 36.0 Å². The van der Waals surface area contributed by atoms with Gasteiger partial charge in [-0.15, -0.1) is 0 Å². The minimum Gasteiger partial charge on any atom is -0.393 e. The molecule has 2 nitrogen and oxygen atoms in total. The first-order valence-electron chi connectivity index (χ1n) is 13.7. The van der Waals surface area contributed by atoms with E-state index < -0.39 is 0 Å². The lowest BCUT2D eigenvalue weighted by molar-refractivity contribution is -0.0950. The first-order chi connectivity index (χ1) is 15.3. The molecule has 2 heteroatoms. The summed E-state index contributed by atoms with van der Waals surface area (Å²) in [6.07, 6.45) is 14.3. The minimum absolute atomic E-state index is 0.176. The van der Waals surface area contributed by atoms with Crippen LogP contribution in [0.3, 0.4) is 0 Å². The smallest absolute Gasteiger partial charge is 0.0757 e. The summed E-state index contributed by atoms with van der Waals surface area (Å²) in [5.41, 5.74) is 3.28. The van der Waals surface area contributed by atoms with Crippen LogP contribution in [0.4, 0.5) is 0 Å². The summed E-state index contributed by atoms with van der Waals surface area (Å²) in [5, 5.41) is 21.6. The molecule has 0 heterocycles. The zero-order chi connectivity index (χ0) is 24.3. The highest BCUT2D eigenvalue weighted by molar-refractivity contribution is 5.28. The number of allylic oxidation sites excluding steroid dienone is 3. The lowest BCUT2D eigenvalue weighted by atomic mass is 9.46. The van der Waals surface area contributed by atoms with E-state index in [1.165, 1.54) is 36.8 Å². The number of aliphatic hydroxyl groups is 2. The quantitative estimate of drug-likeness (QED) is 0.437. The predicted molar refractivity (Wildman–Crippen MR) is 139 cm³/mol. The van der Waals surface area contributed by atoms with E-state index in [9.17, 15) is 10.2 Å². The van der Waals surface area contributed by atoms with Gasteiger partial charge in [0, 0.05) is 5.92 Å². The molecular formula is C31H50O2. The first kappa shape index (κ1) is 25.2. The molecule has 3 fully saturated rings. The molecular weight excluding hydrogens is 404 g/mol. The summed E-state index contributed by atoms with van der Waals surface area (Å²) in [6, 6.07) is 0. The highest BCUT2D eigenvalue weighted by Crippen LogP contribution is 2.67. The summed E-state index contributed by atoms with van der Waals surface area (Å²) in [4.78, 5) is 0. The Morgan fingerprint density at radius 2 is 1.76 bits per heavy atom. The molecule has 1 unspecified atom stereocenters. The van der Waals surface area contributed by atoms with Crippen molar-refractivity contribution in [2.24, 2.45) is 51.8 Å². The molecule has 2 N–H and O–H groups in total. The lowest BCUT2D eigenvalue weighted by Crippen LogP contribution is -2.54. The van der Waals surface area contributed by atoms with Gasteiger partial charge < -0.3 is 10.2 Å². The van der Waals surface area contributed by atoms with Gasteiger partial charge in [0.2, 0.25) is 0 Å². The molecule has 0 aromatic carbocycles. The summed E-state index contributed by atoms with van der Waals surface area (Å²) in [7, 11) is 0. The van der Waals surface area contributed by atoms with E-state index in [0.717, 1.165) is 19.3 Å². The average Bonchev–Trinajstić information content (AvgIpc) is 3.05. The Morgan fingerprint density at radius 1 is 1.06 bits per heavy atom. The molecule has 0 amide bonds. The van der Waals surface area contributed by atoms with Gasteiger partial charge in [-0.05, 0) is 97.7 Å². The zero-order valence-electron chi connectivity index (χ0n) is 22.4. The summed E-state index contributed by atoms with van der Waals surface area (Å²) < 4.78 is 0. The molecule has 0 spiro atoms. The van der Waals surface area contributed by atoms with Gasteiger partial charge in [0.15, 0.2) is 0 Å². The number of fused-ring (bicyclic) bond motifs is 5. The van der Waals surface area contributed by atoms with Crippen molar-refractivity contribution in [3.8, 4) is 0 Å². The maximum absolute atomic E-state index is 11.4. The Morgan fingerprint density at radius 3 is 2.39 bits per heavy atom. The molecule has 3 saturated carbocycles. The molecule has 186 valence electrons. The average molecular weight is 455 g/mol. The topological polar surface area (TPSA) is 40.5 Å². The fourth-order valence-corrected chi connectivity index (χ4v) is 9.15. The molecule has 0 aromatic rings. The molecule has 0 aliphatic heterocycles. The summed E-state index contributed by atoms with van der Waals surface area (Å²) in [6.45, 7) is 20.8. The zero-order valence-corrected chi connectivity index (χ0v) is 22.4. The molecule has 0 saturated heterocycles. The van der Waals surface area contributed by atoms with Crippen molar-refractivity contribution in [1.82, 2.24) is 0 Å². The van der Waals surface area contributed by atoms with Crippen molar-refractivity contribution in [2.75, 3.05) is 0 Å². The minimum atomic E-state index is -0.341. The third-order valence-corrected chi connectivity index (χ3v) is 10.9. The van der Waals surface area contributed by atoms with Crippen LogP contribution in [-0.4, -0.2) is 22.4 Å². The van der Waals surface area contributed by atoms with E-state index in [0.29, 0.717) is 40.9 Å². The van der Waals surface area contributed by atoms with Crippen LogP contribution in [0.5, 0.6) is 0 Å². The van der Waals surface area contributed by atoms with Crippen molar-refractivity contribution >= 4 is 0 Å². The number of rotatable bonds is 4.